The molecule has 1 aliphatic rings. The number of rotatable bonds is 7. The van der Waals surface area contributed by atoms with E-state index in [1.807, 2.05) is 25.1 Å². The van der Waals surface area contributed by atoms with Crippen LogP contribution in [0.1, 0.15) is 13.3 Å². The summed E-state index contributed by atoms with van der Waals surface area (Å²) in [7, 11) is 0. The third-order valence-corrected chi connectivity index (χ3v) is 4.32. The molecule has 118 valence electrons. The zero-order valence-electron chi connectivity index (χ0n) is 12.8. The topological polar surface area (TPSA) is 41.7 Å². The van der Waals surface area contributed by atoms with Crippen molar-refractivity contribution in [1.82, 2.24) is 4.90 Å². The van der Waals surface area contributed by atoms with Gasteiger partial charge in [-0.3, -0.25) is 4.90 Å². The molecular formula is C16H26ClN3O. The molecule has 0 spiro atoms. The molecule has 1 aliphatic heterocycles. The van der Waals surface area contributed by atoms with Gasteiger partial charge >= 0.3 is 0 Å². The highest BCUT2D eigenvalue weighted by atomic mass is 35.5. The first-order valence-electron chi connectivity index (χ1n) is 7.78. The SMILES string of the molecule is CCOC(CN)CCN1CCN(c2ccccc2Cl)CC1. The van der Waals surface area contributed by atoms with Gasteiger partial charge in [0.15, 0.2) is 0 Å². The van der Waals surface area contributed by atoms with E-state index in [4.69, 9.17) is 22.1 Å². The minimum absolute atomic E-state index is 0.191. The van der Waals surface area contributed by atoms with Gasteiger partial charge in [-0.2, -0.15) is 0 Å². The number of benzene rings is 1. The Hall–Kier alpha value is -0.810. The van der Waals surface area contributed by atoms with E-state index in [-0.39, 0.29) is 6.10 Å². The number of para-hydroxylation sites is 1. The van der Waals surface area contributed by atoms with E-state index < -0.39 is 0 Å². The maximum Gasteiger partial charge on any atom is 0.0709 e. The number of nitrogens with zero attached hydrogens (tertiary/aromatic N) is 2. The van der Waals surface area contributed by atoms with Gasteiger partial charge in [0, 0.05) is 45.9 Å². The monoisotopic (exact) mass is 311 g/mol. The fourth-order valence-corrected chi connectivity index (χ4v) is 3.01. The van der Waals surface area contributed by atoms with Gasteiger partial charge in [-0.25, -0.2) is 0 Å². The van der Waals surface area contributed by atoms with E-state index in [1.165, 1.54) is 0 Å². The second-order valence-corrected chi connectivity index (χ2v) is 5.79. The zero-order chi connectivity index (χ0) is 15.1. The first-order chi connectivity index (χ1) is 10.2. The third-order valence-electron chi connectivity index (χ3n) is 4.00. The molecule has 0 aromatic heterocycles. The van der Waals surface area contributed by atoms with E-state index in [9.17, 15) is 0 Å². The molecule has 0 amide bonds. The Balaban J connectivity index is 1.77. The fourth-order valence-electron chi connectivity index (χ4n) is 2.75. The number of ether oxygens (including phenoxy) is 1. The van der Waals surface area contributed by atoms with Crippen LogP contribution >= 0.6 is 11.6 Å². The maximum absolute atomic E-state index is 6.26. The number of halogens is 1. The summed E-state index contributed by atoms with van der Waals surface area (Å²) >= 11 is 6.26. The molecule has 1 aromatic carbocycles. The summed E-state index contributed by atoms with van der Waals surface area (Å²) < 4.78 is 5.61. The summed E-state index contributed by atoms with van der Waals surface area (Å²) in [6.45, 7) is 8.58. The van der Waals surface area contributed by atoms with Crippen molar-refractivity contribution in [2.24, 2.45) is 5.73 Å². The molecule has 2 rings (SSSR count). The molecule has 0 bridgehead atoms. The summed E-state index contributed by atoms with van der Waals surface area (Å²) in [5.41, 5.74) is 6.87. The molecule has 0 saturated carbocycles. The van der Waals surface area contributed by atoms with Gasteiger partial charge in [-0.15, -0.1) is 0 Å². The largest absolute Gasteiger partial charge is 0.377 e. The lowest BCUT2D eigenvalue weighted by atomic mass is 10.2. The molecule has 1 fully saturated rings. The van der Waals surface area contributed by atoms with Crippen molar-refractivity contribution in [2.45, 2.75) is 19.4 Å². The second kappa shape index (κ2) is 8.59. The quantitative estimate of drug-likeness (QED) is 0.838. The van der Waals surface area contributed by atoms with Crippen LogP contribution in [0.4, 0.5) is 5.69 Å². The minimum atomic E-state index is 0.191. The Labute approximate surface area is 132 Å². The molecule has 0 radical (unpaired) electrons. The van der Waals surface area contributed by atoms with Crippen LogP contribution in [0, 0.1) is 0 Å². The standard InChI is InChI=1S/C16H26ClN3O/c1-2-21-14(13-18)7-8-19-9-11-20(12-10-19)16-6-4-3-5-15(16)17/h3-6,14H,2,7-13,18H2,1H3. The molecule has 1 heterocycles. The van der Waals surface area contributed by atoms with Crippen molar-refractivity contribution in [2.75, 3.05) is 50.8 Å². The van der Waals surface area contributed by atoms with Crippen LogP contribution in [0.25, 0.3) is 0 Å². The average molecular weight is 312 g/mol. The van der Waals surface area contributed by atoms with Crippen molar-refractivity contribution < 1.29 is 4.74 Å². The predicted octanol–water partition coefficient (Wildman–Crippen LogP) is 2.22. The normalized spacial score (nSPS) is 18.0. The Morgan fingerprint density at radius 3 is 2.57 bits per heavy atom. The number of nitrogens with two attached hydrogens (primary N) is 1. The molecule has 1 saturated heterocycles. The summed E-state index contributed by atoms with van der Waals surface area (Å²) in [4.78, 5) is 4.84. The lowest BCUT2D eigenvalue weighted by molar-refractivity contribution is 0.0538. The van der Waals surface area contributed by atoms with E-state index >= 15 is 0 Å². The lowest BCUT2D eigenvalue weighted by Crippen LogP contribution is -2.47. The van der Waals surface area contributed by atoms with Gasteiger partial charge in [0.25, 0.3) is 0 Å². The van der Waals surface area contributed by atoms with E-state index in [0.717, 1.165) is 56.5 Å². The van der Waals surface area contributed by atoms with Crippen molar-refractivity contribution >= 4 is 17.3 Å². The van der Waals surface area contributed by atoms with Gasteiger partial charge in [0.05, 0.1) is 16.8 Å². The first-order valence-corrected chi connectivity index (χ1v) is 8.16. The van der Waals surface area contributed by atoms with Crippen LogP contribution in [0.2, 0.25) is 5.02 Å². The lowest BCUT2D eigenvalue weighted by Gasteiger charge is -2.36. The number of anilines is 1. The Morgan fingerprint density at radius 1 is 1.24 bits per heavy atom. The van der Waals surface area contributed by atoms with E-state index in [1.54, 1.807) is 0 Å². The molecular weight excluding hydrogens is 286 g/mol. The fraction of sp³-hybridized carbons (Fsp3) is 0.625. The molecule has 1 atom stereocenters. The van der Waals surface area contributed by atoms with Crippen LogP contribution in [0.3, 0.4) is 0 Å². The molecule has 21 heavy (non-hydrogen) atoms. The van der Waals surface area contributed by atoms with Crippen LogP contribution < -0.4 is 10.6 Å². The van der Waals surface area contributed by atoms with Gasteiger partial charge in [0.2, 0.25) is 0 Å². The van der Waals surface area contributed by atoms with Crippen molar-refractivity contribution in [3.8, 4) is 0 Å². The Morgan fingerprint density at radius 2 is 1.95 bits per heavy atom. The maximum atomic E-state index is 6.26. The highest BCUT2D eigenvalue weighted by Crippen LogP contribution is 2.26. The number of hydrogen-bond donors (Lipinski definition) is 1. The molecule has 0 aliphatic carbocycles. The van der Waals surface area contributed by atoms with Crippen LogP contribution in [-0.4, -0.2) is 56.9 Å². The summed E-state index contributed by atoms with van der Waals surface area (Å²) in [6, 6.07) is 8.07. The number of hydrogen-bond acceptors (Lipinski definition) is 4. The van der Waals surface area contributed by atoms with Crippen LogP contribution in [0.15, 0.2) is 24.3 Å². The van der Waals surface area contributed by atoms with Gasteiger partial charge in [-0.05, 0) is 25.5 Å². The third kappa shape index (κ3) is 4.85. The smallest absolute Gasteiger partial charge is 0.0709 e. The molecule has 4 nitrogen and oxygen atoms in total. The molecule has 1 unspecified atom stereocenters. The molecule has 1 aromatic rings. The number of piperazine rings is 1. The summed E-state index contributed by atoms with van der Waals surface area (Å²) in [5, 5.41) is 0.838. The van der Waals surface area contributed by atoms with E-state index in [0.29, 0.717) is 6.54 Å². The van der Waals surface area contributed by atoms with E-state index in [2.05, 4.69) is 15.9 Å². The first kappa shape index (κ1) is 16.6. The molecule has 5 heteroatoms. The second-order valence-electron chi connectivity index (χ2n) is 5.38. The Bertz CT molecular complexity index is 422. The minimum Gasteiger partial charge on any atom is -0.377 e. The van der Waals surface area contributed by atoms with Crippen molar-refractivity contribution in [3.63, 3.8) is 0 Å². The average Bonchev–Trinajstić information content (AvgIpc) is 2.52. The Kier molecular flexibility index (Phi) is 6.77. The predicted molar refractivity (Wildman–Crippen MR) is 89.2 cm³/mol. The van der Waals surface area contributed by atoms with Crippen molar-refractivity contribution in [1.29, 1.82) is 0 Å². The highest BCUT2D eigenvalue weighted by Gasteiger charge is 2.19. The zero-order valence-corrected chi connectivity index (χ0v) is 13.6. The van der Waals surface area contributed by atoms with Gasteiger partial charge in [-0.1, -0.05) is 23.7 Å². The van der Waals surface area contributed by atoms with Gasteiger partial charge in [0.1, 0.15) is 0 Å². The summed E-state index contributed by atoms with van der Waals surface area (Å²) in [5.74, 6) is 0. The highest BCUT2D eigenvalue weighted by molar-refractivity contribution is 6.33. The van der Waals surface area contributed by atoms with Crippen LogP contribution in [-0.2, 0) is 4.74 Å². The summed E-state index contributed by atoms with van der Waals surface area (Å²) in [6.07, 6.45) is 1.20. The van der Waals surface area contributed by atoms with Gasteiger partial charge < -0.3 is 15.4 Å². The van der Waals surface area contributed by atoms with Crippen molar-refractivity contribution in [3.05, 3.63) is 29.3 Å². The molecule has 2 N–H and O–H groups in total. The van der Waals surface area contributed by atoms with Crippen LogP contribution in [0.5, 0.6) is 0 Å².